The molecular weight excluding hydrogens is 256 g/mol. The molecule has 0 unspecified atom stereocenters. The molecule has 94 valence electrons. The zero-order valence-corrected chi connectivity index (χ0v) is 10.3. The highest BCUT2D eigenvalue weighted by Crippen LogP contribution is 2.17. The number of hydrogen-bond acceptors (Lipinski definition) is 6. The number of rotatable bonds is 4. The lowest BCUT2D eigenvalue weighted by Gasteiger charge is -1.98. The molecule has 0 spiro atoms. The molecule has 0 radical (unpaired) electrons. The molecule has 0 aliphatic heterocycles. The van der Waals surface area contributed by atoms with E-state index in [-0.39, 0.29) is 18.2 Å². The van der Waals surface area contributed by atoms with Crippen LogP contribution in [0.15, 0.2) is 28.4 Å². The lowest BCUT2D eigenvalue weighted by molar-refractivity contribution is 0.0520. The van der Waals surface area contributed by atoms with E-state index in [1.165, 1.54) is 24.0 Å². The Morgan fingerprint density at radius 2 is 2.39 bits per heavy atom. The Labute approximate surface area is 107 Å². The van der Waals surface area contributed by atoms with Crippen LogP contribution >= 0.6 is 11.3 Å². The minimum Gasteiger partial charge on any atom is -0.472 e. The SMILES string of the molecule is CCOC(=O)c1csc(NC(=O)c2ccoc2)n1. The third-order valence-electron chi connectivity index (χ3n) is 1.99. The first-order chi connectivity index (χ1) is 8.70. The van der Waals surface area contributed by atoms with Gasteiger partial charge < -0.3 is 9.15 Å². The van der Waals surface area contributed by atoms with Crippen molar-refractivity contribution in [2.75, 3.05) is 11.9 Å². The van der Waals surface area contributed by atoms with Crippen LogP contribution in [0.2, 0.25) is 0 Å². The number of nitrogens with zero attached hydrogens (tertiary/aromatic N) is 1. The van der Waals surface area contributed by atoms with Crippen molar-refractivity contribution in [2.45, 2.75) is 6.92 Å². The number of amides is 1. The predicted octanol–water partition coefficient (Wildman–Crippen LogP) is 2.17. The van der Waals surface area contributed by atoms with Gasteiger partial charge in [-0.05, 0) is 13.0 Å². The first kappa shape index (κ1) is 12.3. The van der Waals surface area contributed by atoms with Crippen molar-refractivity contribution in [1.82, 2.24) is 4.98 Å². The summed E-state index contributed by atoms with van der Waals surface area (Å²) in [6, 6.07) is 1.54. The summed E-state index contributed by atoms with van der Waals surface area (Å²) in [5.41, 5.74) is 0.576. The molecule has 0 aliphatic carbocycles. The van der Waals surface area contributed by atoms with Crippen molar-refractivity contribution in [1.29, 1.82) is 0 Å². The Morgan fingerprint density at radius 1 is 1.56 bits per heavy atom. The zero-order valence-electron chi connectivity index (χ0n) is 9.50. The molecule has 2 aromatic rings. The largest absolute Gasteiger partial charge is 0.472 e. The highest BCUT2D eigenvalue weighted by atomic mass is 32.1. The molecule has 2 rings (SSSR count). The van der Waals surface area contributed by atoms with Crippen LogP contribution in [0, 0.1) is 0 Å². The molecule has 7 heteroatoms. The van der Waals surface area contributed by atoms with Crippen LogP contribution in [0.1, 0.15) is 27.8 Å². The Bertz CT molecular complexity index is 547. The summed E-state index contributed by atoms with van der Waals surface area (Å²) in [4.78, 5) is 27.0. The van der Waals surface area contributed by atoms with Crippen molar-refractivity contribution >= 4 is 28.3 Å². The van der Waals surface area contributed by atoms with E-state index in [2.05, 4.69) is 10.3 Å². The molecule has 0 saturated heterocycles. The van der Waals surface area contributed by atoms with Gasteiger partial charge in [0.05, 0.1) is 18.4 Å². The average molecular weight is 266 g/mol. The van der Waals surface area contributed by atoms with E-state index in [0.29, 0.717) is 10.7 Å². The van der Waals surface area contributed by atoms with Crippen LogP contribution in [0.4, 0.5) is 5.13 Å². The fourth-order valence-corrected chi connectivity index (χ4v) is 1.87. The van der Waals surface area contributed by atoms with Gasteiger partial charge >= 0.3 is 5.97 Å². The van der Waals surface area contributed by atoms with Gasteiger partial charge in [-0.15, -0.1) is 11.3 Å². The van der Waals surface area contributed by atoms with Gasteiger partial charge in [0.1, 0.15) is 6.26 Å². The van der Waals surface area contributed by atoms with Gasteiger partial charge in [-0.1, -0.05) is 0 Å². The van der Waals surface area contributed by atoms with Crippen LogP contribution in [-0.2, 0) is 4.74 Å². The maximum Gasteiger partial charge on any atom is 0.357 e. The molecule has 0 aromatic carbocycles. The molecular formula is C11H10N2O4S. The minimum absolute atomic E-state index is 0.185. The van der Waals surface area contributed by atoms with Crippen molar-refractivity contribution in [3.8, 4) is 0 Å². The number of furan rings is 1. The van der Waals surface area contributed by atoms with Crippen molar-refractivity contribution in [2.24, 2.45) is 0 Å². The number of carbonyl (C=O) groups excluding carboxylic acids is 2. The molecule has 18 heavy (non-hydrogen) atoms. The Kier molecular flexibility index (Phi) is 3.73. The summed E-state index contributed by atoms with van der Waals surface area (Å²) in [7, 11) is 0. The molecule has 0 aliphatic rings. The molecule has 0 atom stereocenters. The topological polar surface area (TPSA) is 81.4 Å². The number of nitrogens with one attached hydrogen (secondary N) is 1. The first-order valence-electron chi connectivity index (χ1n) is 5.17. The average Bonchev–Trinajstić information content (AvgIpc) is 2.99. The van der Waals surface area contributed by atoms with Crippen LogP contribution in [0.5, 0.6) is 0 Å². The molecule has 0 saturated carbocycles. The van der Waals surface area contributed by atoms with Gasteiger partial charge in [-0.2, -0.15) is 0 Å². The molecule has 0 fully saturated rings. The Hall–Kier alpha value is -2.15. The van der Waals surface area contributed by atoms with Crippen LogP contribution < -0.4 is 5.32 Å². The summed E-state index contributed by atoms with van der Waals surface area (Å²) in [5.74, 6) is -0.842. The van der Waals surface area contributed by atoms with E-state index in [9.17, 15) is 9.59 Å². The number of thiazole rings is 1. The monoisotopic (exact) mass is 266 g/mol. The highest BCUT2D eigenvalue weighted by Gasteiger charge is 2.14. The molecule has 6 nitrogen and oxygen atoms in total. The predicted molar refractivity (Wildman–Crippen MR) is 64.7 cm³/mol. The van der Waals surface area contributed by atoms with E-state index in [1.807, 2.05) is 0 Å². The third-order valence-corrected chi connectivity index (χ3v) is 2.75. The van der Waals surface area contributed by atoms with Crippen molar-refractivity contribution < 1.29 is 18.7 Å². The third kappa shape index (κ3) is 2.75. The number of hydrogen-bond donors (Lipinski definition) is 1. The van der Waals surface area contributed by atoms with Crippen LogP contribution in [0.3, 0.4) is 0 Å². The normalized spacial score (nSPS) is 10.1. The van der Waals surface area contributed by atoms with Gasteiger partial charge in [0.2, 0.25) is 0 Å². The van der Waals surface area contributed by atoms with Crippen molar-refractivity contribution in [3.63, 3.8) is 0 Å². The van der Waals surface area contributed by atoms with Gasteiger partial charge in [0, 0.05) is 5.38 Å². The molecule has 1 amide bonds. The van der Waals surface area contributed by atoms with E-state index >= 15 is 0 Å². The zero-order chi connectivity index (χ0) is 13.0. The number of aromatic nitrogens is 1. The number of ether oxygens (including phenoxy) is 1. The van der Waals surface area contributed by atoms with Gasteiger partial charge in [-0.3, -0.25) is 10.1 Å². The van der Waals surface area contributed by atoms with Crippen LogP contribution in [-0.4, -0.2) is 23.5 Å². The Morgan fingerprint density at radius 3 is 3.06 bits per heavy atom. The smallest absolute Gasteiger partial charge is 0.357 e. The number of anilines is 1. The second-order valence-electron chi connectivity index (χ2n) is 3.22. The first-order valence-corrected chi connectivity index (χ1v) is 6.05. The highest BCUT2D eigenvalue weighted by molar-refractivity contribution is 7.14. The lowest BCUT2D eigenvalue weighted by atomic mass is 10.3. The van der Waals surface area contributed by atoms with Gasteiger partial charge in [-0.25, -0.2) is 9.78 Å². The summed E-state index contributed by atoms with van der Waals surface area (Å²) < 4.78 is 9.59. The van der Waals surface area contributed by atoms with E-state index < -0.39 is 5.97 Å². The quantitative estimate of drug-likeness (QED) is 0.857. The maximum absolute atomic E-state index is 11.7. The second kappa shape index (κ2) is 5.46. The maximum atomic E-state index is 11.7. The van der Waals surface area contributed by atoms with Gasteiger partial charge in [0.15, 0.2) is 10.8 Å². The summed E-state index contributed by atoms with van der Waals surface area (Å²) in [6.45, 7) is 2.00. The lowest BCUT2D eigenvalue weighted by Crippen LogP contribution is -2.11. The van der Waals surface area contributed by atoms with Gasteiger partial charge in [0.25, 0.3) is 5.91 Å². The second-order valence-corrected chi connectivity index (χ2v) is 4.08. The number of carbonyl (C=O) groups is 2. The van der Waals surface area contributed by atoms with Crippen molar-refractivity contribution in [3.05, 3.63) is 35.2 Å². The minimum atomic E-state index is -0.502. The van der Waals surface area contributed by atoms with E-state index in [1.54, 1.807) is 6.92 Å². The standard InChI is InChI=1S/C11H10N2O4S/c1-2-17-10(15)8-6-18-11(12-8)13-9(14)7-3-4-16-5-7/h3-6H,2H2,1H3,(H,12,13,14). The van der Waals surface area contributed by atoms with E-state index in [4.69, 9.17) is 9.15 Å². The van der Waals surface area contributed by atoms with E-state index in [0.717, 1.165) is 11.3 Å². The Balaban J connectivity index is 2.03. The molecule has 2 aromatic heterocycles. The summed E-state index contributed by atoms with van der Waals surface area (Å²) in [6.07, 6.45) is 2.73. The summed E-state index contributed by atoms with van der Waals surface area (Å²) in [5, 5.41) is 4.43. The fourth-order valence-electron chi connectivity index (χ4n) is 1.19. The number of esters is 1. The fraction of sp³-hybridized carbons (Fsp3) is 0.182. The summed E-state index contributed by atoms with van der Waals surface area (Å²) >= 11 is 1.15. The molecule has 0 bridgehead atoms. The molecule has 2 heterocycles. The molecule has 1 N–H and O–H groups in total. The van der Waals surface area contributed by atoms with Crippen LogP contribution in [0.25, 0.3) is 0 Å².